The first-order valence-electron chi connectivity index (χ1n) is 6.06. The first-order chi connectivity index (χ1) is 9.19. The van der Waals surface area contributed by atoms with Gasteiger partial charge in [-0.3, -0.25) is 4.68 Å². The molecule has 0 fully saturated rings. The highest BCUT2D eigenvalue weighted by atomic mass is 19.1. The molecule has 98 valence electrons. The van der Waals surface area contributed by atoms with Gasteiger partial charge in [-0.1, -0.05) is 6.07 Å². The lowest BCUT2D eigenvalue weighted by atomic mass is 10.1. The van der Waals surface area contributed by atoms with Gasteiger partial charge in [-0.2, -0.15) is 10.4 Å². The minimum atomic E-state index is -0.471. The van der Waals surface area contributed by atoms with Crippen LogP contribution in [0.25, 0.3) is 0 Å². The van der Waals surface area contributed by atoms with Crippen molar-refractivity contribution in [3.8, 4) is 6.07 Å². The monoisotopic (exact) mass is 258 g/mol. The van der Waals surface area contributed by atoms with Crippen LogP contribution in [0.1, 0.15) is 16.7 Å². The van der Waals surface area contributed by atoms with E-state index in [0.717, 1.165) is 18.5 Å². The van der Waals surface area contributed by atoms with E-state index >= 15 is 0 Å². The molecule has 0 spiro atoms. The average Bonchev–Trinajstić information content (AvgIpc) is 2.82. The highest BCUT2D eigenvalue weighted by Gasteiger charge is 2.02. The van der Waals surface area contributed by atoms with Crippen LogP contribution in [0.2, 0.25) is 0 Å². The molecule has 4 nitrogen and oxygen atoms in total. The Morgan fingerprint density at radius 2 is 2.26 bits per heavy atom. The highest BCUT2D eigenvalue weighted by molar-refractivity contribution is 5.34. The molecule has 0 aliphatic heterocycles. The predicted octanol–water partition coefficient (Wildman–Crippen LogP) is 1.76. The van der Waals surface area contributed by atoms with Gasteiger partial charge in [0, 0.05) is 19.8 Å². The molecule has 5 heteroatoms. The zero-order chi connectivity index (χ0) is 13.7. The lowest BCUT2D eigenvalue weighted by molar-refractivity contribution is 0.621. The smallest absolute Gasteiger partial charge is 0.140 e. The van der Waals surface area contributed by atoms with Gasteiger partial charge in [0.2, 0.25) is 0 Å². The molecule has 0 aliphatic rings. The Morgan fingerprint density at radius 3 is 2.95 bits per heavy atom. The number of aromatic nitrogens is 2. The molecule has 0 saturated heterocycles. The molecular weight excluding hydrogens is 243 g/mol. The summed E-state index contributed by atoms with van der Waals surface area (Å²) in [5, 5.41) is 16.1. The summed E-state index contributed by atoms with van der Waals surface area (Å²) >= 11 is 0. The topological polar surface area (TPSA) is 53.6 Å². The Bertz CT molecular complexity index is 598. The largest absolute Gasteiger partial charge is 0.312 e. The summed E-state index contributed by atoms with van der Waals surface area (Å²) in [6.07, 6.45) is 4.71. The van der Waals surface area contributed by atoms with Gasteiger partial charge >= 0.3 is 0 Å². The summed E-state index contributed by atoms with van der Waals surface area (Å²) in [4.78, 5) is 0. The van der Waals surface area contributed by atoms with Gasteiger partial charge in [0.15, 0.2) is 0 Å². The minimum Gasteiger partial charge on any atom is -0.312 e. The number of rotatable bonds is 5. The van der Waals surface area contributed by atoms with Crippen molar-refractivity contribution >= 4 is 0 Å². The Morgan fingerprint density at radius 1 is 1.42 bits per heavy atom. The molecule has 1 aromatic carbocycles. The molecule has 0 amide bonds. The van der Waals surface area contributed by atoms with Crippen LogP contribution in [0.4, 0.5) is 4.39 Å². The van der Waals surface area contributed by atoms with E-state index in [1.54, 1.807) is 16.8 Å². The van der Waals surface area contributed by atoms with Crippen molar-refractivity contribution in [2.24, 2.45) is 7.05 Å². The van der Waals surface area contributed by atoms with Crippen molar-refractivity contribution in [2.75, 3.05) is 6.54 Å². The fourth-order valence-corrected chi connectivity index (χ4v) is 1.83. The van der Waals surface area contributed by atoms with Crippen LogP contribution in [-0.4, -0.2) is 16.3 Å². The van der Waals surface area contributed by atoms with Crippen molar-refractivity contribution in [1.29, 1.82) is 5.26 Å². The zero-order valence-electron chi connectivity index (χ0n) is 10.7. The first-order valence-corrected chi connectivity index (χ1v) is 6.06. The Balaban J connectivity index is 1.81. The Hall–Kier alpha value is -2.19. The van der Waals surface area contributed by atoms with Gasteiger partial charge in [-0.25, -0.2) is 4.39 Å². The van der Waals surface area contributed by atoms with E-state index in [-0.39, 0.29) is 5.56 Å². The van der Waals surface area contributed by atoms with Crippen LogP contribution in [0.3, 0.4) is 0 Å². The summed E-state index contributed by atoms with van der Waals surface area (Å²) in [6.45, 7) is 1.43. The first kappa shape index (κ1) is 13.2. The number of nitrogens with zero attached hydrogens (tertiary/aromatic N) is 3. The van der Waals surface area contributed by atoms with Crippen LogP contribution in [0.5, 0.6) is 0 Å². The molecule has 1 aromatic heterocycles. The van der Waals surface area contributed by atoms with Crippen molar-refractivity contribution in [3.05, 3.63) is 53.1 Å². The Labute approximate surface area is 111 Å². The molecule has 0 unspecified atom stereocenters. The fourth-order valence-electron chi connectivity index (χ4n) is 1.83. The lowest BCUT2D eigenvalue weighted by Crippen LogP contribution is -2.16. The minimum absolute atomic E-state index is 0.0894. The molecule has 0 aliphatic carbocycles. The average molecular weight is 258 g/mol. The number of hydrogen-bond donors (Lipinski definition) is 1. The van der Waals surface area contributed by atoms with Crippen LogP contribution < -0.4 is 5.32 Å². The van der Waals surface area contributed by atoms with E-state index < -0.39 is 5.82 Å². The molecule has 0 saturated carbocycles. The quantitative estimate of drug-likeness (QED) is 0.831. The number of aryl methyl sites for hydroxylation is 1. The Kier molecular flexibility index (Phi) is 4.26. The molecular formula is C14H15FN4. The molecule has 2 aromatic rings. The molecule has 1 heterocycles. The molecule has 1 N–H and O–H groups in total. The van der Waals surface area contributed by atoms with Crippen LogP contribution >= 0.6 is 0 Å². The summed E-state index contributed by atoms with van der Waals surface area (Å²) in [5.41, 5.74) is 2.17. The van der Waals surface area contributed by atoms with Gasteiger partial charge in [0.1, 0.15) is 11.9 Å². The second-order valence-electron chi connectivity index (χ2n) is 4.38. The van der Waals surface area contributed by atoms with E-state index in [1.807, 2.05) is 25.5 Å². The van der Waals surface area contributed by atoms with Gasteiger partial charge in [0.25, 0.3) is 0 Å². The molecule has 19 heavy (non-hydrogen) atoms. The summed E-state index contributed by atoms with van der Waals surface area (Å²) in [6, 6.07) is 6.43. The van der Waals surface area contributed by atoms with E-state index in [1.165, 1.54) is 11.6 Å². The van der Waals surface area contributed by atoms with E-state index in [9.17, 15) is 4.39 Å². The van der Waals surface area contributed by atoms with Crippen molar-refractivity contribution in [1.82, 2.24) is 15.1 Å². The maximum absolute atomic E-state index is 13.1. The van der Waals surface area contributed by atoms with E-state index in [4.69, 9.17) is 5.26 Å². The number of hydrogen-bond acceptors (Lipinski definition) is 3. The van der Waals surface area contributed by atoms with Crippen LogP contribution in [-0.2, 0) is 20.0 Å². The normalized spacial score (nSPS) is 10.4. The maximum atomic E-state index is 13.1. The van der Waals surface area contributed by atoms with Crippen molar-refractivity contribution in [3.63, 3.8) is 0 Å². The van der Waals surface area contributed by atoms with E-state index in [0.29, 0.717) is 6.54 Å². The number of nitriles is 1. The van der Waals surface area contributed by atoms with Gasteiger partial charge in [-0.05, 0) is 36.2 Å². The zero-order valence-corrected chi connectivity index (χ0v) is 10.7. The fraction of sp³-hybridized carbons (Fsp3) is 0.286. The number of nitrogens with one attached hydrogen (secondary N) is 1. The van der Waals surface area contributed by atoms with Crippen LogP contribution in [0, 0.1) is 17.1 Å². The van der Waals surface area contributed by atoms with Gasteiger partial charge in [0.05, 0.1) is 11.8 Å². The summed E-state index contributed by atoms with van der Waals surface area (Å²) in [7, 11) is 1.89. The predicted molar refractivity (Wildman–Crippen MR) is 69.7 cm³/mol. The molecule has 2 rings (SSSR count). The van der Waals surface area contributed by atoms with E-state index in [2.05, 4.69) is 10.4 Å². The lowest BCUT2D eigenvalue weighted by Gasteiger charge is -2.04. The third-order valence-corrected chi connectivity index (χ3v) is 2.83. The third-order valence-electron chi connectivity index (χ3n) is 2.83. The van der Waals surface area contributed by atoms with Gasteiger partial charge < -0.3 is 5.32 Å². The third kappa shape index (κ3) is 3.63. The molecule has 0 bridgehead atoms. The highest BCUT2D eigenvalue weighted by Crippen LogP contribution is 2.09. The number of halogens is 1. The second-order valence-corrected chi connectivity index (χ2v) is 4.38. The molecule has 0 atom stereocenters. The number of benzene rings is 1. The maximum Gasteiger partial charge on any atom is 0.140 e. The van der Waals surface area contributed by atoms with Gasteiger partial charge in [-0.15, -0.1) is 0 Å². The van der Waals surface area contributed by atoms with Crippen molar-refractivity contribution < 1.29 is 4.39 Å². The van der Waals surface area contributed by atoms with Crippen molar-refractivity contribution in [2.45, 2.75) is 13.0 Å². The van der Waals surface area contributed by atoms with Crippen LogP contribution in [0.15, 0.2) is 30.6 Å². The summed E-state index contributed by atoms with van der Waals surface area (Å²) < 4.78 is 14.9. The summed E-state index contributed by atoms with van der Waals surface area (Å²) in [5.74, 6) is -0.471. The second kappa shape index (κ2) is 6.12. The SMILES string of the molecule is Cn1cc(CCNCc2ccc(F)c(C#N)c2)cn1. The molecule has 0 radical (unpaired) electrons. The standard InChI is InChI=1S/C14H15FN4/c1-19-10-12(9-18-19)4-5-17-8-11-2-3-14(15)13(6-11)7-16/h2-3,6,9-10,17H,4-5,8H2,1H3.